The SMILES string of the molecule is CC(=O)N1CCc2c(cc(Cl)cc2C2CCCCN2)C1. The molecule has 0 spiro atoms. The lowest BCUT2D eigenvalue weighted by atomic mass is 9.87. The van der Waals surface area contributed by atoms with Gasteiger partial charge in [-0.3, -0.25) is 4.79 Å². The van der Waals surface area contributed by atoms with E-state index in [1.54, 1.807) is 6.92 Å². The summed E-state index contributed by atoms with van der Waals surface area (Å²) in [7, 11) is 0. The second-order valence-electron chi connectivity index (χ2n) is 5.83. The molecule has 3 rings (SSSR count). The molecule has 1 aromatic rings. The third kappa shape index (κ3) is 2.70. The molecule has 1 saturated heterocycles. The fourth-order valence-corrected chi connectivity index (χ4v) is 3.64. The number of nitrogens with one attached hydrogen (secondary N) is 1. The van der Waals surface area contributed by atoms with Crippen LogP contribution in [0.3, 0.4) is 0 Å². The standard InChI is InChI=1S/C16H21ClN2O/c1-11(20)19-7-5-14-12(10-19)8-13(17)9-15(14)16-4-2-3-6-18-16/h8-9,16,18H,2-7,10H2,1H3. The number of carbonyl (C=O) groups is 1. The Morgan fingerprint density at radius 1 is 1.40 bits per heavy atom. The number of benzene rings is 1. The number of hydrogen-bond donors (Lipinski definition) is 1. The van der Waals surface area contributed by atoms with E-state index in [4.69, 9.17) is 11.6 Å². The average molecular weight is 293 g/mol. The molecule has 2 aliphatic rings. The molecule has 0 bridgehead atoms. The highest BCUT2D eigenvalue weighted by molar-refractivity contribution is 6.30. The van der Waals surface area contributed by atoms with Gasteiger partial charge in [0.25, 0.3) is 0 Å². The molecule has 4 heteroatoms. The minimum Gasteiger partial charge on any atom is -0.338 e. The van der Waals surface area contributed by atoms with Crippen molar-refractivity contribution in [2.24, 2.45) is 0 Å². The highest BCUT2D eigenvalue weighted by atomic mass is 35.5. The van der Waals surface area contributed by atoms with Crippen molar-refractivity contribution in [3.8, 4) is 0 Å². The van der Waals surface area contributed by atoms with Crippen LogP contribution in [0.1, 0.15) is 48.9 Å². The number of hydrogen-bond acceptors (Lipinski definition) is 2. The first kappa shape index (κ1) is 13.9. The van der Waals surface area contributed by atoms with Gasteiger partial charge in [0, 0.05) is 31.1 Å². The van der Waals surface area contributed by atoms with E-state index in [9.17, 15) is 4.79 Å². The summed E-state index contributed by atoms with van der Waals surface area (Å²) in [5.74, 6) is 0.146. The molecule has 1 fully saturated rings. The van der Waals surface area contributed by atoms with Crippen LogP contribution in [0.2, 0.25) is 5.02 Å². The topological polar surface area (TPSA) is 32.3 Å². The molecule has 0 aromatic heterocycles. The van der Waals surface area contributed by atoms with Crippen molar-refractivity contribution in [3.63, 3.8) is 0 Å². The summed E-state index contributed by atoms with van der Waals surface area (Å²) < 4.78 is 0. The Bertz CT molecular complexity index is 523. The van der Waals surface area contributed by atoms with Crippen molar-refractivity contribution in [2.45, 2.75) is 45.2 Å². The molecule has 108 valence electrons. The Morgan fingerprint density at radius 3 is 2.95 bits per heavy atom. The predicted molar refractivity (Wildman–Crippen MR) is 80.8 cm³/mol. The van der Waals surface area contributed by atoms with Gasteiger partial charge in [0.05, 0.1) is 0 Å². The number of amides is 1. The van der Waals surface area contributed by atoms with E-state index in [2.05, 4.69) is 11.4 Å². The van der Waals surface area contributed by atoms with Crippen LogP contribution in [0.25, 0.3) is 0 Å². The number of rotatable bonds is 1. The van der Waals surface area contributed by atoms with Gasteiger partial charge in [-0.05, 0) is 54.6 Å². The zero-order valence-electron chi connectivity index (χ0n) is 11.9. The van der Waals surface area contributed by atoms with Crippen molar-refractivity contribution >= 4 is 17.5 Å². The van der Waals surface area contributed by atoms with Crippen LogP contribution in [0.4, 0.5) is 0 Å². The Balaban J connectivity index is 1.94. The zero-order valence-corrected chi connectivity index (χ0v) is 12.7. The van der Waals surface area contributed by atoms with Gasteiger partial charge in [-0.15, -0.1) is 0 Å². The second-order valence-corrected chi connectivity index (χ2v) is 6.26. The molecule has 3 nitrogen and oxygen atoms in total. The van der Waals surface area contributed by atoms with E-state index in [1.807, 2.05) is 11.0 Å². The molecular formula is C16H21ClN2O. The molecule has 0 aliphatic carbocycles. The van der Waals surface area contributed by atoms with Crippen LogP contribution in [0, 0.1) is 0 Å². The van der Waals surface area contributed by atoms with Gasteiger partial charge < -0.3 is 10.2 Å². The van der Waals surface area contributed by atoms with E-state index in [0.717, 1.165) is 24.5 Å². The molecule has 0 saturated carbocycles. The van der Waals surface area contributed by atoms with Gasteiger partial charge in [-0.2, -0.15) is 0 Å². The van der Waals surface area contributed by atoms with Crippen LogP contribution < -0.4 is 5.32 Å². The van der Waals surface area contributed by atoms with E-state index in [1.165, 1.54) is 36.0 Å². The minimum atomic E-state index is 0.146. The lowest BCUT2D eigenvalue weighted by molar-refractivity contribution is -0.129. The summed E-state index contributed by atoms with van der Waals surface area (Å²) in [5.41, 5.74) is 3.99. The minimum absolute atomic E-state index is 0.146. The third-order valence-electron chi connectivity index (χ3n) is 4.47. The Hall–Kier alpha value is -1.06. The van der Waals surface area contributed by atoms with Crippen molar-refractivity contribution in [1.29, 1.82) is 0 Å². The van der Waals surface area contributed by atoms with Crippen molar-refractivity contribution in [2.75, 3.05) is 13.1 Å². The first-order valence-electron chi connectivity index (χ1n) is 7.45. The van der Waals surface area contributed by atoms with E-state index in [-0.39, 0.29) is 5.91 Å². The van der Waals surface area contributed by atoms with Gasteiger partial charge in [0.15, 0.2) is 0 Å². The highest BCUT2D eigenvalue weighted by Crippen LogP contribution is 2.33. The average Bonchev–Trinajstić information content (AvgIpc) is 2.46. The second kappa shape index (κ2) is 5.74. The molecule has 1 atom stereocenters. The third-order valence-corrected chi connectivity index (χ3v) is 4.68. The fraction of sp³-hybridized carbons (Fsp3) is 0.562. The van der Waals surface area contributed by atoms with Gasteiger partial charge in [-0.1, -0.05) is 18.0 Å². The van der Waals surface area contributed by atoms with Crippen LogP contribution in [-0.2, 0) is 17.8 Å². The largest absolute Gasteiger partial charge is 0.338 e. The summed E-state index contributed by atoms with van der Waals surface area (Å²) in [6.45, 7) is 4.25. The lowest BCUT2D eigenvalue weighted by Crippen LogP contribution is -2.36. The Labute approximate surface area is 125 Å². The van der Waals surface area contributed by atoms with Crippen molar-refractivity contribution in [1.82, 2.24) is 10.2 Å². The fourth-order valence-electron chi connectivity index (χ4n) is 3.39. The number of nitrogens with zero attached hydrogens (tertiary/aromatic N) is 1. The van der Waals surface area contributed by atoms with Crippen LogP contribution in [-0.4, -0.2) is 23.9 Å². The first-order chi connectivity index (χ1) is 9.65. The van der Waals surface area contributed by atoms with Crippen molar-refractivity contribution < 1.29 is 4.79 Å². The van der Waals surface area contributed by atoms with Crippen LogP contribution in [0.15, 0.2) is 12.1 Å². The van der Waals surface area contributed by atoms with E-state index >= 15 is 0 Å². The maximum Gasteiger partial charge on any atom is 0.219 e. The smallest absolute Gasteiger partial charge is 0.219 e. The quantitative estimate of drug-likeness (QED) is 0.863. The normalized spacial score (nSPS) is 22.5. The predicted octanol–water partition coefficient (Wildman–Crippen LogP) is 3.06. The summed E-state index contributed by atoms with van der Waals surface area (Å²) in [4.78, 5) is 13.5. The molecule has 1 aromatic carbocycles. The number of halogens is 1. The lowest BCUT2D eigenvalue weighted by Gasteiger charge is -2.33. The van der Waals surface area contributed by atoms with Crippen LogP contribution in [0.5, 0.6) is 0 Å². The van der Waals surface area contributed by atoms with E-state index in [0.29, 0.717) is 12.6 Å². The first-order valence-corrected chi connectivity index (χ1v) is 7.83. The summed E-state index contributed by atoms with van der Waals surface area (Å²) in [5, 5.41) is 4.40. The summed E-state index contributed by atoms with van der Waals surface area (Å²) in [6.07, 6.45) is 4.67. The Morgan fingerprint density at radius 2 is 2.25 bits per heavy atom. The number of carbonyl (C=O) groups excluding carboxylic acids is 1. The molecule has 2 aliphatic heterocycles. The molecule has 0 radical (unpaired) electrons. The van der Waals surface area contributed by atoms with Gasteiger partial charge in [0.1, 0.15) is 0 Å². The maximum atomic E-state index is 11.6. The summed E-state index contributed by atoms with van der Waals surface area (Å²) in [6, 6.07) is 4.57. The van der Waals surface area contributed by atoms with E-state index < -0.39 is 0 Å². The molecule has 1 N–H and O–H groups in total. The summed E-state index contributed by atoms with van der Waals surface area (Å²) >= 11 is 6.30. The van der Waals surface area contributed by atoms with Gasteiger partial charge in [-0.25, -0.2) is 0 Å². The van der Waals surface area contributed by atoms with Gasteiger partial charge in [0.2, 0.25) is 5.91 Å². The van der Waals surface area contributed by atoms with Crippen LogP contribution >= 0.6 is 11.6 Å². The number of piperidine rings is 1. The highest BCUT2D eigenvalue weighted by Gasteiger charge is 2.25. The molecule has 1 amide bonds. The molecule has 2 heterocycles. The van der Waals surface area contributed by atoms with Crippen molar-refractivity contribution in [3.05, 3.63) is 33.8 Å². The Kier molecular flexibility index (Phi) is 3.99. The monoisotopic (exact) mass is 292 g/mol. The zero-order chi connectivity index (χ0) is 14.1. The molecule has 20 heavy (non-hydrogen) atoms. The van der Waals surface area contributed by atoms with Gasteiger partial charge >= 0.3 is 0 Å². The maximum absolute atomic E-state index is 11.6. The molecular weight excluding hydrogens is 272 g/mol. The molecule has 1 unspecified atom stereocenters. The number of fused-ring (bicyclic) bond motifs is 1.